The van der Waals surface area contributed by atoms with Gasteiger partial charge in [-0.15, -0.1) is 0 Å². The molecule has 0 bridgehead atoms. The second kappa shape index (κ2) is 8.35. The highest BCUT2D eigenvalue weighted by atomic mass is 35.5. The minimum Gasteiger partial charge on any atom is -0.469 e. The molecule has 1 saturated heterocycles. The van der Waals surface area contributed by atoms with Crippen LogP contribution in [0.1, 0.15) is 32.1 Å². The van der Waals surface area contributed by atoms with Crippen molar-refractivity contribution in [3.8, 4) is 0 Å². The molecule has 0 radical (unpaired) electrons. The first kappa shape index (κ1) is 19.8. The maximum absolute atomic E-state index is 13.1. The first-order valence-corrected chi connectivity index (χ1v) is 9.58. The lowest BCUT2D eigenvalue weighted by atomic mass is 9.85. The number of rotatable bonds is 3. The standard InChI is InChI=1S/C18H21Cl2N3O4/c1-27-16(24)9-15-17(25)22-13-4-2-3-5-14(13)23(15)18(26)21-10-6-7-11(19)12(20)8-10/h6-8,13-15H,2-5,9H2,1H3,(H,21,26)(H,22,25)/t13-,14-,15-/m0/s1. The van der Waals surface area contributed by atoms with Gasteiger partial charge in [0.15, 0.2) is 0 Å². The molecular weight excluding hydrogens is 393 g/mol. The second-order valence-corrected chi connectivity index (χ2v) is 7.54. The van der Waals surface area contributed by atoms with Crippen LogP contribution in [0.15, 0.2) is 18.2 Å². The predicted molar refractivity (Wildman–Crippen MR) is 102 cm³/mol. The van der Waals surface area contributed by atoms with Crippen molar-refractivity contribution < 1.29 is 19.1 Å². The number of fused-ring (bicyclic) bond motifs is 1. The Morgan fingerprint density at radius 3 is 2.70 bits per heavy atom. The van der Waals surface area contributed by atoms with Crippen LogP contribution in [0.4, 0.5) is 10.5 Å². The molecule has 3 rings (SSSR count). The summed E-state index contributed by atoms with van der Waals surface area (Å²) >= 11 is 11.9. The Kier molecular flexibility index (Phi) is 6.11. The fourth-order valence-electron chi connectivity index (χ4n) is 3.74. The number of anilines is 1. The average Bonchev–Trinajstić information content (AvgIpc) is 2.65. The van der Waals surface area contributed by atoms with Crippen molar-refractivity contribution in [3.63, 3.8) is 0 Å². The Morgan fingerprint density at radius 2 is 2.00 bits per heavy atom. The number of carbonyl (C=O) groups is 3. The van der Waals surface area contributed by atoms with E-state index in [1.807, 2.05) is 0 Å². The van der Waals surface area contributed by atoms with Gasteiger partial charge in [-0.25, -0.2) is 4.79 Å². The summed E-state index contributed by atoms with van der Waals surface area (Å²) in [6.07, 6.45) is 3.32. The number of amides is 3. The molecule has 0 aromatic heterocycles. The van der Waals surface area contributed by atoms with Crippen LogP contribution in [0.25, 0.3) is 0 Å². The summed E-state index contributed by atoms with van der Waals surface area (Å²) in [6.45, 7) is 0. The van der Waals surface area contributed by atoms with Crippen molar-refractivity contribution in [1.82, 2.24) is 10.2 Å². The van der Waals surface area contributed by atoms with E-state index in [1.165, 1.54) is 12.0 Å². The average molecular weight is 414 g/mol. The molecular formula is C18H21Cl2N3O4. The van der Waals surface area contributed by atoms with Crippen LogP contribution < -0.4 is 10.6 Å². The van der Waals surface area contributed by atoms with Crippen LogP contribution in [0.3, 0.4) is 0 Å². The molecule has 1 aromatic rings. The summed E-state index contributed by atoms with van der Waals surface area (Å²) in [5, 5.41) is 6.41. The number of piperazine rings is 1. The highest BCUT2D eigenvalue weighted by molar-refractivity contribution is 6.42. The summed E-state index contributed by atoms with van der Waals surface area (Å²) in [7, 11) is 1.26. The summed E-state index contributed by atoms with van der Waals surface area (Å²) in [5.74, 6) is -0.885. The van der Waals surface area contributed by atoms with E-state index in [-0.39, 0.29) is 24.4 Å². The fraction of sp³-hybridized carbons (Fsp3) is 0.500. The van der Waals surface area contributed by atoms with Crippen molar-refractivity contribution >= 4 is 46.8 Å². The Labute approximate surface area is 167 Å². The number of urea groups is 1. The van der Waals surface area contributed by atoms with Crippen LogP contribution in [-0.4, -0.2) is 48.0 Å². The number of nitrogens with one attached hydrogen (secondary N) is 2. The number of methoxy groups -OCH3 is 1. The number of nitrogens with zero attached hydrogens (tertiary/aromatic N) is 1. The van der Waals surface area contributed by atoms with E-state index in [0.717, 1.165) is 25.7 Å². The lowest BCUT2D eigenvalue weighted by molar-refractivity contribution is -0.146. The number of hydrogen-bond donors (Lipinski definition) is 2. The van der Waals surface area contributed by atoms with Crippen LogP contribution >= 0.6 is 23.2 Å². The molecule has 1 heterocycles. The quantitative estimate of drug-likeness (QED) is 0.744. The molecule has 7 nitrogen and oxygen atoms in total. The summed E-state index contributed by atoms with van der Waals surface area (Å²) in [4.78, 5) is 38.9. The van der Waals surface area contributed by atoms with Crippen molar-refractivity contribution in [2.24, 2.45) is 0 Å². The molecule has 9 heteroatoms. The summed E-state index contributed by atoms with van der Waals surface area (Å²) < 4.78 is 4.70. The van der Waals surface area contributed by atoms with Gasteiger partial charge in [0.1, 0.15) is 6.04 Å². The first-order chi connectivity index (χ1) is 12.9. The fourth-order valence-corrected chi connectivity index (χ4v) is 4.03. The number of hydrogen-bond acceptors (Lipinski definition) is 4. The van der Waals surface area contributed by atoms with E-state index in [1.54, 1.807) is 18.2 Å². The minimum atomic E-state index is -0.917. The molecule has 3 amide bonds. The molecule has 27 heavy (non-hydrogen) atoms. The minimum absolute atomic E-state index is 0.111. The third-order valence-electron chi connectivity index (χ3n) is 5.05. The van der Waals surface area contributed by atoms with Gasteiger partial charge in [-0.05, 0) is 31.0 Å². The molecule has 2 N–H and O–H groups in total. The maximum Gasteiger partial charge on any atom is 0.322 e. The normalized spacial score (nSPS) is 24.6. The molecule has 146 valence electrons. The largest absolute Gasteiger partial charge is 0.469 e. The van der Waals surface area contributed by atoms with Gasteiger partial charge in [0.25, 0.3) is 0 Å². The number of carbonyl (C=O) groups excluding carboxylic acids is 3. The second-order valence-electron chi connectivity index (χ2n) is 6.73. The van der Waals surface area contributed by atoms with Gasteiger partial charge in [-0.2, -0.15) is 0 Å². The first-order valence-electron chi connectivity index (χ1n) is 8.82. The van der Waals surface area contributed by atoms with Crippen LogP contribution in [-0.2, 0) is 14.3 Å². The zero-order valence-electron chi connectivity index (χ0n) is 14.8. The van der Waals surface area contributed by atoms with E-state index >= 15 is 0 Å². The molecule has 2 aliphatic rings. The lowest BCUT2D eigenvalue weighted by Crippen LogP contribution is -2.68. The van der Waals surface area contributed by atoms with Gasteiger partial charge in [-0.1, -0.05) is 36.0 Å². The number of ether oxygens (including phenoxy) is 1. The highest BCUT2D eigenvalue weighted by Gasteiger charge is 2.46. The molecule has 0 spiro atoms. The van der Waals surface area contributed by atoms with Crippen molar-refractivity contribution in [2.45, 2.75) is 50.2 Å². The van der Waals surface area contributed by atoms with E-state index in [2.05, 4.69) is 10.6 Å². The van der Waals surface area contributed by atoms with Gasteiger partial charge in [-0.3, -0.25) is 9.59 Å². The van der Waals surface area contributed by atoms with Crippen LogP contribution in [0.5, 0.6) is 0 Å². The van der Waals surface area contributed by atoms with Crippen LogP contribution in [0.2, 0.25) is 10.0 Å². The lowest BCUT2D eigenvalue weighted by Gasteiger charge is -2.47. The van der Waals surface area contributed by atoms with E-state index in [4.69, 9.17) is 27.9 Å². The van der Waals surface area contributed by atoms with E-state index in [9.17, 15) is 14.4 Å². The Hall–Kier alpha value is -1.99. The smallest absolute Gasteiger partial charge is 0.322 e. The predicted octanol–water partition coefficient (Wildman–Crippen LogP) is 3.20. The van der Waals surface area contributed by atoms with Crippen LogP contribution in [0, 0.1) is 0 Å². The summed E-state index contributed by atoms with van der Waals surface area (Å²) in [6, 6.07) is 3.10. The molecule has 3 atom stereocenters. The van der Waals surface area contributed by atoms with E-state index in [0.29, 0.717) is 15.7 Å². The Balaban J connectivity index is 1.86. The third-order valence-corrected chi connectivity index (χ3v) is 5.78. The highest BCUT2D eigenvalue weighted by Crippen LogP contribution is 2.31. The van der Waals surface area contributed by atoms with Gasteiger partial charge in [0.05, 0.1) is 29.6 Å². The van der Waals surface area contributed by atoms with Gasteiger partial charge >= 0.3 is 12.0 Å². The molecule has 0 unspecified atom stereocenters. The number of esters is 1. The topological polar surface area (TPSA) is 87.7 Å². The Morgan fingerprint density at radius 1 is 1.26 bits per heavy atom. The molecule has 1 aromatic carbocycles. The van der Waals surface area contributed by atoms with Gasteiger partial charge < -0.3 is 20.3 Å². The SMILES string of the molecule is COC(=O)C[C@H]1C(=O)N[C@H]2CCCC[C@@H]2N1C(=O)Nc1ccc(Cl)c(Cl)c1. The monoisotopic (exact) mass is 413 g/mol. The van der Waals surface area contributed by atoms with Gasteiger partial charge in [0.2, 0.25) is 5.91 Å². The number of halogens is 2. The molecule has 1 aliphatic carbocycles. The Bertz CT molecular complexity index is 758. The molecule has 1 aliphatic heterocycles. The molecule has 1 saturated carbocycles. The van der Waals surface area contributed by atoms with Crippen molar-refractivity contribution in [3.05, 3.63) is 28.2 Å². The summed E-state index contributed by atoms with van der Waals surface area (Å²) in [5.41, 5.74) is 0.463. The third kappa shape index (κ3) is 4.30. The zero-order chi connectivity index (χ0) is 19.6. The van der Waals surface area contributed by atoms with E-state index < -0.39 is 18.0 Å². The van der Waals surface area contributed by atoms with Crippen molar-refractivity contribution in [1.29, 1.82) is 0 Å². The van der Waals surface area contributed by atoms with Crippen molar-refractivity contribution in [2.75, 3.05) is 12.4 Å². The molecule has 2 fully saturated rings. The zero-order valence-corrected chi connectivity index (χ0v) is 16.3. The maximum atomic E-state index is 13.1. The van der Waals surface area contributed by atoms with Gasteiger partial charge in [0, 0.05) is 11.7 Å². The number of benzene rings is 1.